The van der Waals surface area contributed by atoms with Crippen LogP contribution in [0.25, 0.3) is 11.0 Å². The zero-order chi connectivity index (χ0) is 20.3. The molecule has 0 aliphatic heterocycles. The molecule has 0 aliphatic carbocycles. The number of benzene rings is 2. The molecule has 0 saturated carbocycles. The lowest BCUT2D eigenvalue weighted by Gasteiger charge is -2.20. The number of fused-ring (bicyclic) bond motifs is 1. The number of ketones is 1. The molecule has 7 heteroatoms. The number of rotatable bonds is 7. The Morgan fingerprint density at radius 2 is 1.96 bits per heavy atom. The number of halogens is 1. The Bertz CT molecular complexity index is 983. The fraction of sp³-hybridized carbons (Fsp3) is 0.286. The molecule has 3 aromatic rings. The zero-order valence-electron chi connectivity index (χ0n) is 16.0. The predicted molar refractivity (Wildman–Crippen MR) is 109 cm³/mol. The highest BCUT2D eigenvalue weighted by atomic mass is 32.2. The number of para-hydroxylation sites is 2. The summed E-state index contributed by atoms with van der Waals surface area (Å²) in [5.41, 5.74) is 2.08. The monoisotopic (exact) mass is 399 g/mol. The van der Waals surface area contributed by atoms with Crippen molar-refractivity contribution in [3.05, 3.63) is 59.7 Å². The van der Waals surface area contributed by atoms with Crippen molar-refractivity contribution in [2.45, 2.75) is 31.7 Å². The maximum Gasteiger partial charge on any atom is 0.230 e. The highest BCUT2D eigenvalue weighted by Gasteiger charge is 2.22. The van der Waals surface area contributed by atoms with Gasteiger partial charge >= 0.3 is 0 Å². The second kappa shape index (κ2) is 8.56. The van der Waals surface area contributed by atoms with Crippen molar-refractivity contribution in [1.82, 2.24) is 15.3 Å². The van der Waals surface area contributed by atoms with Gasteiger partial charge in [0.25, 0.3) is 0 Å². The number of imidazole rings is 1. The van der Waals surface area contributed by atoms with E-state index < -0.39 is 5.82 Å². The highest BCUT2D eigenvalue weighted by Crippen LogP contribution is 2.25. The number of hydrogen-bond acceptors (Lipinski definition) is 4. The first-order valence-electron chi connectivity index (χ1n) is 9.02. The van der Waals surface area contributed by atoms with Crippen LogP contribution in [-0.2, 0) is 4.79 Å². The second-order valence-electron chi connectivity index (χ2n) is 6.92. The molecule has 0 bridgehead atoms. The lowest BCUT2D eigenvalue weighted by molar-refractivity contribution is -0.119. The first kappa shape index (κ1) is 20.1. The van der Waals surface area contributed by atoms with E-state index in [2.05, 4.69) is 15.3 Å². The van der Waals surface area contributed by atoms with Gasteiger partial charge in [-0.2, -0.15) is 0 Å². The molecule has 0 aliphatic rings. The van der Waals surface area contributed by atoms with Gasteiger partial charge in [-0.25, -0.2) is 9.37 Å². The Labute approximate surface area is 167 Å². The van der Waals surface area contributed by atoms with Crippen molar-refractivity contribution in [3.8, 4) is 0 Å². The van der Waals surface area contributed by atoms with Crippen LogP contribution in [0.15, 0.2) is 47.4 Å². The molecule has 0 fully saturated rings. The molecule has 0 saturated heterocycles. The average molecular weight is 399 g/mol. The number of H-pyrrole nitrogens is 1. The van der Waals surface area contributed by atoms with Crippen LogP contribution in [0.2, 0.25) is 0 Å². The maximum absolute atomic E-state index is 14.1. The van der Waals surface area contributed by atoms with E-state index in [0.29, 0.717) is 16.3 Å². The molecule has 5 nitrogen and oxygen atoms in total. The van der Waals surface area contributed by atoms with Crippen molar-refractivity contribution >= 4 is 34.5 Å². The SMILES string of the molecule is CC(=O)c1ccc(SCC(=O)N[C@H](c2nc3ccccc3[nH]2)C(C)C)c(F)c1. The van der Waals surface area contributed by atoms with Crippen LogP contribution >= 0.6 is 11.8 Å². The minimum absolute atomic E-state index is 0.0692. The van der Waals surface area contributed by atoms with Gasteiger partial charge in [-0.05, 0) is 37.1 Å². The Hall–Kier alpha value is -2.67. The second-order valence-corrected chi connectivity index (χ2v) is 7.94. The molecule has 0 unspecified atom stereocenters. The molecule has 1 heterocycles. The summed E-state index contributed by atoms with van der Waals surface area (Å²) in [5.74, 6) is -0.00592. The first-order chi connectivity index (χ1) is 13.3. The Morgan fingerprint density at radius 1 is 1.21 bits per heavy atom. The van der Waals surface area contributed by atoms with Crippen molar-refractivity contribution in [2.75, 3.05) is 5.75 Å². The van der Waals surface area contributed by atoms with Crippen molar-refractivity contribution < 1.29 is 14.0 Å². The maximum atomic E-state index is 14.1. The van der Waals surface area contributed by atoms with Gasteiger partial charge in [0.1, 0.15) is 11.6 Å². The molecule has 0 radical (unpaired) electrons. The van der Waals surface area contributed by atoms with Crippen LogP contribution < -0.4 is 5.32 Å². The summed E-state index contributed by atoms with van der Waals surface area (Å²) in [5, 5.41) is 2.98. The van der Waals surface area contributed by atoms with Crippen LogP contribution in [0, 0.1) is 11.7 Å². The molecule has 2 aromatic carbocycles. The van der Waals surface area contributed by atoms with Crippen molar-refractivity contribution in [2.24, 2.45) is 5.92 Å². The number of aromatic amines is 1. The van der Waals surface area contributed by atoms with Gasteiger partial charge in [0, 0.05) is 10.5 Å². The van der Waals surface area contributed by atoms with E-state index in [1.165, 1.54) is 19.1 Å². The Kier molecular flexibility index (Phi) is 6.14. The fourth-order valence-corrected chi connectivity index (χ4v) is 3.60. The first-order valence-corrected chi connectivity index (χ1v) is 10.0. The van der Waals surface area contributed by atoms with Gasteiger partial charge in [0.15, 0.2) is 5.78 Å². The fourth-order valence-electron chi connectivity index (χ4n) is 2.87. The quantitative estimate of drug-likeness (QED) is 0.453. The number of amides is 1. The number of thioether (sulfide) groups is 1. The number of Topliss-reactive ketones (excluding diaryl/α,β-unsaturated/α-hetero) is 1. The van der Waals surface area contributed by atoms with Crippen LogP contribution in [-0.4, -0.2) is 27.4 Å². The molecule has 1 amide bonds. The van der Waals surface area contributed by atoms with Crippen molar-refractivity contribution in [3.63, 3.8) is 0 Å². The van der Waals surface area contributed by atoms with E-state index in [1.54, 1.807) is 6.07 Å². The molecule has 0 spiro atoms. The minimum Gasteiger partial charge on any atom is -0.345 e. The van der Waals surface area contributed by atoms with Gasteiger partial charge in [0.2, 0.25) is 5.91 Å². The van der Waals surface area contributed by atoms with E-state index in [4.69, 9.17) is 0 Å². The van der Waals surface area contributed by atoms with E-state index in [0.717, 1.165) is 22.8 Å². The summed E-state index contributed by atoms with van der Waals surface area (Å²) < 4.78 is 14.1. The van der Waals surface area contributed by atoms with Gasteiger partial charge in [0.05, 0.1) is 22.8 Å². The number of aromatic nitrogens is 2. The van der Waals surface area contributed by atoms with E-state index in [-0.39, 0.29) is 29.4 Å². The standard InChI is InChI=1S/C21H22FN3O2S/c1-12(2)20(21-23-16-6-4-5-7-17(16)24-21)25-19(27)11-28-18-9-8-14(13(3)26)10-15(18)22/h4-10,12,20H,11H2,1-3H3,(H,23,24)(H,25,27)/t20-/m0/s1. The van der Waals surface area contributed by atoms with Gasteiger partial charge < -0.3 is 10.3 Å². The number of carbonyl (C=O) groups excluding carboxylic acids is 2. The molecule has 1 atom stereocenters. The summed E-state index contributed by atoms with van der Waals surface area (Å²) in [7, 11) is 0. The number of carbonyl (C=O) groups is 2. The summed E-state index contributed by atoms with van der Waals surface area (Å²) in [6.45, 7) is 5.40. The van der Waals surface area contributed by atoms with Crippen molar-refractivity contribution in [1.29, 1.82) is 0 Å². The van der Waals surface area contributed by atoms with Crippen LogP contribution in [0.4, 0.5) is 4.39 Å². The summed E-state index contributed by atoms with van der Waals surface area (Å²) in [6, 6.07) is 11.7. The third-order valence-corrected chi connectivity index (χ3v) is 5.43. The third-order valence-electron chi connectivity index (χ3n) is 4.38. The number of nitrogens with one attached hydrogen (secondary N) is 2. The summed E-state index contributed by atoms with van der Waals surface area (Å²) in [4.78, 5) is 31.9. The smallest absolute Gasteiger partial charge is 0.230 e. The van der Waals surface area contributed by atoms with E-state index in [1.807, 2.05) is 38.1 Å². The van der Waals surface area contributed by atoms with Gasteiger partial charge in [-0.15, -0.1) is 11.8 Å². The third kappa shape index (κ3) is 4.59. The predicted octanol–water partition coefficient (Wildman–Crippen LogP) is 4.51. The largest absolute Gasteiger partial charge is 0.345 e. The molecule has 28 heavy (non-hydrogen) atoms. The Balaban J connectivity index is 1.67. The number of hydrogen-bond donors (Lipinski definition) is 2. The summed E-state index contributed by atoms with van der Waals surface area (Å²) in [6.07, 6.45) is 0. The lowest BCUT2D eigenvalue weighted by atomic mass is 10.0. The van der Waals surface area contributed by atoms with Gasteiger partial charge in [-0.1, -0.05) is 32.0 Å². The van der Waals surface area contributed by atoms with Crippen LogP contribution in [0.5, 0.6) is 0 Å². The normalized spacial score (nSPS) is 12.3. The molecule has 2 N–H and O–H groups in total. The highest BCUT2D eigenvalue weighted by molar-refractivity contribution is 8.00. The molecular weight excluding hydrogens is 377 g/mol. The molecule has 3 rings (SSSR count). The van der Waals surface area contributed by atoms with E-state index in [9.17, 15) is 14.0 Å². The molecule has 146 valence electrons. The average Bonchev–Trinajstić information content (AvgIpc) is 3.08. The Morgan fingerprint density at radius 3 is 2.61 bits per heavy atom. The van der Waals surface area contributed by atoms with Crippen LogP contribution in [0.3, 0.4) is 0 Å². The minimum atomic E-state index is -0.497. The van der Waals surface area contributed by atoms with E-state index >= 15 is 0 Å². The lowest BCUT2D eigenvalue weighted by Crippen LogP contribution is -2.33. The zero-order valence-corrected chi connectivity index (χ0v) is 16.8. The molecule has 1 aromatic heterocycles. The molecular formula is C21H22FN3O2S. The summed E-state index contributed by atoms with van der Waals surface area (Å²) >= 11 is 1.10. The number of nitrogens with zero attached hydrogens (tertiary/aromatic N) is 1. The van der Waals surface area contributed by atoms with Gasteiger partial charge in [-0.3, -0.25) is 9.59 Å². The van der Waals surface area contributed by atoms with Crippen LogP contribution in [0.1, 0.15) is 43.0 Å². The topological polar surface area (TPSA) is 74.8 Å².